The molecule has 0 aromatic carbocycles. The Morgan fingerprint density at radius 2 is 2.38 bits per heavy atom. The molecule has 5 heteroatoms. The van der Waals surface area contributed by atoms with Gasteiger partial charge in [-0.3, -0.25) is 0 Å². The van der Waals surface area contributed by atoms with Crippen molar-refractivity contribution >= 4 is 16.7 Å². The Hall–Kier alpha value is -0.680. The molecule has 0 spiro atoms. The van der Waals surface area contributed by atoms with Crippen molar-refractivity contribution in [2.45, 2.75) is 33.2 Å². The van der Waals surface area contributed by atoms with Gasteiger partial charge in [-0.25, -0.2) is 4.98 Å². The number of rotatable bonds is 3. The highest BCUT2D eigenvalue weighted by atomic mass is 32.1. The number of aromatic nitrogens is 2. The Bertz CT molecular complexity index is 340. The molecule has 1 aromatic heterocycles. The smallest absolute Gasteiger partial charge is 0.205 e. The van der Waals surface area contributed by atoms with Crippen LogP contribution in [-0.4, -0.2) is 35.2 Å². The van der Waals surface area contributed by atoms with Gasteiger partial charge < -0.3 is 9.64 Å². The SMILES string of the molecule is Cc1nsc(N2CCOCC2CC(C)C)n1. The van der Waals surface area contributed by atoms with E-state index in [-0.39, 0.29) is 0 Å². The highest BCUT2D eigenvalue weighted by Crippen LogP contribution is 2.24. The molecular weight excluding hydrogens is 222 g/mol. The molecule has 0 N–H and O–H groups in total. The van der Waals surface area contributed by atoms with Gasteiger partial charge in [0.25, 0.3) is 0 Å². The van der Waals surface area contributed by atoms with Crippen LogP contribution in [0.3, 0.4) is 0 Å². The first-order chi connectivity index (χ1) is 7.66. The third-order valence-electron chi connectivity index (χ3n) is 2.73. The van der Waals surface area contributed by atoms with Crippen LogP contribution in [-0.2, 0) is 4.74 Å². The summed E-state index contributed by atoms with van der Waals surface area (Å²) in [6.07, 6.45) is 1.15. The van der Waals surface area contributed by atoms with Crippen molar-refractivity contribution in [2.75, 3.05) is 24.7 Å². The van der Waals surface area contributed by atoms with Crippen molar-refractivity contribution in [2.24, 2.45) is 5.92 Å². The molecule has 1 unspecified atom stereocenters. The summed E-state index contributed by atoms with van der Waals surface area (Å²) in [4.78, 5) is 6.82. The van der Waals surface area contributed by atoms with Gasteiger partial charge >= 0.3 is 0 Å². The quantitative estimate of drug-likeness (QED) is 0.812. The van der Waals surface area contributed by atoms with Crippen LogP contribution in [0.2, 0.25) is 0 Å². The van der Waals surface area contributed by atoms with Crippen LogP contribution < -0.4 is 4.90 Å². The zero-order valence-corrected chi connectivity index (χ0v) is 11.0. The average molecular weight is 241 g/mol. The van der Waals surface area contributed by atoms with Crippen LogP contribution in [0.5, 0.6) is 0 Å². The van der Waals surface area contributed by atoms with Crippen molar-refractivity contribution in [1.29, 1.82) is 0 Å². The predicted molar refractivity (Wildman–Crippen MR) is 66.1 cm³/mol. The number of nitrogens with zero attached hydrogens (tertiary/aromatic N) is 3. The highest BCUT2D eigenvalue weighted by Gasteiger charge is 2.26. The molecule has 4 nitrogen and oxygen atoms in total. The van der Waals surface area contributed by atoms with Gasteiger partial charge in [0.2, 0.25) is 5.13 Å². The van der Waals surface area contributed by atoms with Gasteiger partial charge in [-0.15, -0.1) is 0 Å². The third-order valence-corrected chi connectivity index (χ3v) is 3.58. The summed E-state index contributed by atoms with van der Waals surface area (Å²) < 4.78 is 9.81. The molecule has 0 radical (unpaired) electrons. The van der Waals surface area contributed by atoms with Gasteiger partial charge in [-0.2, -0.15) is 4.37 Å². The molecule has 1 fully saturated rings. The second-order valence-corrected chi connectivity index (χ2v) is 5.41. The number of hydrogen-bond donors (Lipinski definition) is 0. The standard InChI is InChI=1S/C11H19N3OS/c1-8(2)6-10-7-15-5-4-14(10)11-12-9(3)13-16-11/h8,10H,4-7H2,1-3H3. The highest BCUT2D eigenvalue weighted by molar-refractivity contribution is 7.09. The van der Waals surface area contributed by atoms with Gasteiger partial charge in [0.1, 0.15) is 5.82 Å². The van der Waals surface area contributed by atoms with E-state index in [1.54, 1.807) is 0 Å². The minimum Gasteiger partial charge on any atom is -0.377 e. The zero-order chi connectivity index (χ0) is 11.5. The lowest BCUT2D eigenvalue weighted by Gasteiger charge is -2.36. The third kappa shape index (κ3) is 2.71. The molecule has 1 saturated heterocycles. The number of aryl methyl sites for hydroxylation is 1. The van der Waals surface area contributed by atoms with E-state index >= 15 is 0 Å². The van der Waals surface area contributed by atoms with Crippen molar-refractivity contribution < 1.29 is 4.74 Å². The fraction of sp³-hybridized carbons (Fsp3) is 0.818. The maximum atomic E-state index is 5.56. The largest absolute Gasteiger partial charge is 0.377 e. The Morgan fingerprint density at radius 1 is 1.56 bits per heavy atom. The zero-order valence-electron chi connectivity index (χ0n) is 10.1. The van der Waals surface area contributed by atoms with Crippen LogP contribution in [0.15, 0.2) is 0 Å². The van der Waals surface area contributed by atoms with E-state index < -0.39 is 0 Å². The summed E-state index contributed by atoms with van der Waals surface area (Å²) in [5.74, 6) is 1.55. The van der Waals surface area contributed by atoms with Crippen molar-refractivity contribution in [3.8, 4) is 0 Å². The van der Waals surface area contributed by atoms with Crippen LogP contribution in [0.1, 0.15) is 26.1 Å². The molecule has 0 amide bonds. The van der Waals surface area contributed by atoms with Crippen molar-refractivity contribution in [3.05, 3.63) is 5.82 Å². The van der Waals surface area contributed by atoms with E-state index in [0.717, 1.165) is 37.1 Å². The first-order valence-corrected chi connectivity index (χ1v) is 6.59. The molecule has 2 heterocycles. The minimum atomic E-state index is 0.459. The number of morpholine rings is 1. The van der Waals surface area contributed by atoms with Crippen molar-refractivity contribution in [1.82, 2.24) is 9.36 Å². The summed E-state index contributed by atoms with van der Waals surface area (Å²) >= 11 is 1.50. The average Bonchev–Trinajstić information content (AvgIpc) is 2.65. The number of hydrogen-bond acceptors (Lipinski definition) is 5. The Morgan fingerprint density at radius 3 is 3.00 bits per heavy atom. The summed E-state index contributed by atoms with van der Waals surface area (Å²) in [6, 6.07) is 0.459. The first kappa shape index (κ1) is 11.8. The van der Waals surface area contributed by atoms with Gasteiger partial charge in [-0.05, 0) is 19.3 Å². The number of ether oxygens (including phenoxy) is 1. The molecule has 2 rings (SSSR count). The molecule has 1 aliphatic heterocycles. The topological polar surface area (TPSA) is 38.2 Å². The second kappa shape index (κ2) is 5.10. The fourth-order valence-electron chi connectivity index (χ4n) is 2.05. The van der Waals surface area contributed by atoms with Gasteiger partial charge in [0, 0.05) is 18.1 Å². The molecule has 0 aliphatic carbocycles. The number of anilines is 1. The lowest BCUT2D eigenvalue weighted by molar-refractivity contribution is 0.0877. The lowest BCUT2D eigenvalue weighted by atomic mass is 10.0. The van der Waals surface area contributed by atoms with E-state index in [2.05, 4.69) is 28.1 Å². The van der Waals surface area contributed by atoms with E-state index in [1.807, 2.05) is 6.92 Å². The molecule has 1 aliphatic rings. The van der Waals surface area contributed by atoms with E-state index in [1.165, 1.54) is 11.5 Å². The Balaban J connectivity index is 2.10. The van der Waals surface area contributed by atoms with Gasteiger partial charge in [-0.1, -0.05) is 13.8 Å². The van der Waals surface area contributed by atoms with Gasteiger partial charge in [0.15, 0.2) is 0 Å². The first-order valence-electron chi connectivity index (χ1n) is 5.81. The molecule has 1 atom stereocenters. The Labute approximate surface area is 101 Å². The fourth-order valence-corrected chi connectivity index (χ4v) is 2.82. The molecule has 1 aromatic rings. The normalized spacial score (nSPS) is 21.8. The van der Waals surface area contributed by atoms with E-state index in [9.17, 15) is 0 Å². The van der Waals surface area contributed by atoms with E-state index in [4.69, 9.17) is 4.74 Å². The van der Waals surface area contributed by atoms with Crippen LogP contribution in [0, 0.1) is 12.8 Å². The van der Waals surface area contributed by atoms with Crippen molar-refractivity contribution in [3.63, 3.8) is 0 Å². The summed E-state index contributed by atoms with van der Waals surface area (Å²) in [5, 5.41) is 1.05. The van der Waals surface area contributed by atoms with E-state index in [0.29, 0.717) is 12.0 Å². The predicted octanol–water partition coefficient (Wildman–Crippen LogP) is 2.10. The molecule has 16 heavy (non-hydrogen) atoms. The Kier molecular flexibility index (Phi) is 3.76. The molecule has 0 bridgehead atoms. The monoisotopic (exact) mass is 241 g/mol. The molecule has 90 valence electrons. The minimum absolute atomic E-state index is 0.459. The summed E-state index contributed by atoms with van der Waals surface area (Å²) in [6.45, 7) is 8.99. The van der Waals surface area contributed by atoms with Crippen LogP contribution >= 0.6 is 11.5 Å². The summed E-state index contributed by atoms with van der Waals surface area (Å²) in [5.41, 5.74) is 0. The lowest BCUT2D eigenvalue weighted by Crippen LogP contribution is -2.46. The molecular formula is C11H19N3OS. The maximum absolute atomic E-state index is 5.56. The molecule has 0 saturated carbocycles. The van der Waals surface area contributed by atoms with Crippen LogP contribution in [0.4, 0.5) is 5.13 Å². The van der Waals surface area contributed by atoms with Crippen LogP contribution in [0.25, 0.3) is 0 Å². The maximum Gasteiger partial charge on any atom is 0.205 e. The van der Waals surface area contributed by atoms with Gasteiger partial charge in [0.05, 0.1) is 19.3 Å². The second-order valence-electron chi connectivity index (χ2n) is 4.68. The summed E-state index contributed by atoms with van der Waals surface area (Å²) in [7, 11) is 0.